The van der Waals surface area contributed by atoms with Crippen LogP contribution in [0.2, 0.25) is 0 Å². The third kappa shape index (κ3) is 30.9. The summed E-state index contributed by atoms with van der Waals surface area (Å²) in [6, 6.07) is 0. The van der Waals surface area contributed by atoms with E-state index in [1.165, 1.54) is 141 Å². The lowest BCUT2D eigenvalue weighted by Gasteiger charge is -2.12. The minimum absolute atomic E-state index is 0.105. The Bertz CT molecular complexity index is 558. The second-order valence-corrected chi connectivity index (χ2v) is 13.1. The molecule has 0 aliphatic rings. The first-order valence-corrected chi connectivity index (χ1v) is 19.2. The summed E-state index contributed by atoms with van der Waals surface area (Å²) in [5, 5.41) is 20.1. The second-order valence-electron chi connectivity index (χ2n) is 13.1. The van der Waals surface area contributed by atoms with E-state index in [1.807, 2.05) is 0 Å². The van der Waals surface area contributed by atoms with Crippen LogP contribution in [-0.4, -0.2) is 47.6 Å². The zero-order chi connectivity index (χ0) is 32.4. The van der Waals surface area contributed by atoms with Gasteiger partial charge in [0.2, 0.25) is 0 Å². The third-order valence-electron chi connectivity index (χ3n) is 8.78. The highest BCUT2D eigenvalue weighted by Crippen LogP contribution is 2.15. The minimum Gasteiger partial charge on any atom is -0.460 e. The molecule has 0 bridgehead atoms. The van der Waals surface area contributed by atoms with Crippen LogP contribution in [0, 0.1) is 0 Å². The molecule has 2 N–H and O–H groups in total. The lowest BCUT2D eigenvalue weighted by Crippen LogP contribution is -2.27. The molecule has 0 saturated carbocycles. The number of rotatable bonds is 35. The molecule has 0 aromatic carbocycles. The van der Waals surface area contributed by atoms with E-state index in [1.54, 1.807) is 0 Å². The fourth-order valence-corrected chi connectivity index (χ4v) is 5.78. The molecule has 0 rings (SSSR count). The highest BCUT2D eigenvalue weighted by atomic mass is 16.6. The van der Waals surface area contributed by atoms with Gasteiger partial charge in [0.1, 0.15) is 13.2 Å². The molecular formula is C38H74O6. The van der Waals surface area contributed by atoms with E-state index in [0.717, 1.165) is 38.5 Å². The first kappa shape index (κ1) is 42.9. The number of aliphatic hydroxyl groups is 2. The molecule has 0 heterocycles. The number of carbonyl (C=O) groups is 2. The molecule has 0 spiro atoms. The van der Waals surface area contributed by atoms with Gasteiger partial charge in [0.15, 0.2) is 12.2 Å². The van der Waals surface area contributed by atoms with Crippen LogP contribution >= 0.6 is 0 Å². The van der Waals surface area contributed by atoms with Gasteiger partial charge < -0.3 is 19.7 Å². The van der Waals surface area contributed by atoms with Crippen molar-refractivity contribution < 1.29 is 29.3 Å². The fraction of sp³-hybridized carbons (Fsp3) is 0.947. The fourth-order valence-electron chi connectivity index (χ4n) is 5.78. The van der Waals surface area contributed by atoms with Crippen LogP contribution in [-0.2, 0) is 19.1 Å². The summed E-state index contributed by atoms with van der Waals surface area (Å²) in [7, 11) is 0. The van der Waals surface area contributed by atoms with Crippen molar-refractivity contribution in [2.45, 2.75) is 219 Å². The Hall–Kier alpha value is -1.14. The van der Waals surface area contributed by atoms with Crippen LogP contribution in [0.4, 0.5) is 0 Å². The first-order valence-electron chi connectivity index (χ1n) is 19.2. The summed E-state index contributed by atoms with van der Waals surface area (Å²) in [6.45, 7) is 4.31. The monoisotopic (exact) mass is 627 g/mol. The normalized spacial score (nSPS) is 12.7. The Morgan fingerprint density at radius 2 is 0.591 bits per heavy atom. The molecule has 0 aliphatic carbocycles. The van der Waals surface area contributed by atoms with Crippen molar-refractivity contribution in [3.63, 3.8) is 0 Å². The Morgan fingerprint density at radius 1 is 0.386 bits per heavy atom. The van der Waals surface area contributed by atoms with Gasteiger partial charge in [-0.15, -0.1) is 0 Å². The summed E-state index contributed by atoms with van der Waals surface area (Å²) < 4.78 is 10.1. The maximum atomic E-state index is 12.0. The van der Waals surface area contributed by atoms with Crippen molar-refractivity contribution >= 4 is 11.9 Å². The lowest BCUT2D eigenvalue weighted by atomic mass is 10.0. The third-order valence-corrected chi connectivity index (χ3v) is 8.78. The Balaban J connectivity index is 3.49. The standard InChI is InChI=1S/C38H74O6/c1-3-5-7-9-11-13-15-17-19-21-23-25-27-29-31-35(39)37(41)43-33-34-44-38(42)36(40)32-30-28-26-24-22-20-18-16-14-12-10-8-6-4-2/h35-36,39-40H,3-34H2,1-2H3. The molecule has 0 aromatic heterocycles. The Kier molecular flexibility index (Phi) is 33.8. The number of carbonyl (C=O) groups excluding carboxylic acids is 2. The first-order chi connectivity index (χ1) is 21.5. The van der Waals surface area contributed by atoms with E-state index in [9.17, 15) is 19.8 Å². The van der Waals surface area contributed by atoms with E-state index < -0.39 is 24.1 Å². The molecule has 44 heavy (non-hydrogen) atoms. The molecule has 0 aromatic rings. The van der Waals surface area contributed by atoms with Gasteiger partial charge >= 0.3 is 11.9 Å². The van der Waals surface area contributed by atoms with Crippen LogP contribution < -0.4 is 0 Å². The highest BCUT2D eigenvalue weighted by Gasteiger charge is 2.18. The van der Waals surface area contributed by atoms with Crippen LogP contribution in [0.5, 0.6) is 0 Å². The van der Waals surface area contributed by atoms with Crippen LogP contribution in [0.25, 0.3) is 0 Å². The molecule has 0 aliphatic heterocycles. The smallest absolute Gasteiger partial charge is 0.335 e. The minimum atomic E-state index is -1.13. The molecule has 0 radical (unpaired) electrons. The summed E-state index contributed by atoms with van der Waals surface area (Å²) >= 11 is 0. The van der Waals surface area contributed by atoms with Gasteiger partial charge in [-0.2, -0.15) is 0 Å². The van der Waals surface area contributed by atoms with E-state index in [-0.39, 0.29) is 13.2 Å². The van der Waals surface area contributed by atoms with Crippen molar-refractivity contribution in [2.24, 2.45) is 0 Å². The highest BCUT2D eigenvalue weighted by molar-refractivity contribution is 5.75. The van der Waals surface area contributed by atoms with E-state index >= 15 is 0 Å². The van der Waals surface area contributed by atoms with Crippen molar-refractivity contribution in [1.82, 2.24) is 0 Å². The van der Waals surface area contributed by atoms with Crippen molar-refractivity contribution in [3.8, 4) is 0 Å². The largest absolute Gasteiger partial charge is 0.460 e. The maximum Gasteiger partial charge on any atom is 0.335 e. The molecule has 6 nitrogen and oxygen atoms in total. The summed E-state index contributed by atoms with van der Waals surface area (Å²) in [5.41, 5.74) is 0. The lowest BCUT2D eigenvalue weighted by molar-refractivity contribution is -0.162. The zero-order valence-electron chi connectivity index (χ0n) is 29.3. The number of hydrogen-bond donors (Lipinski definition) is 2. The molecule has 2 unspecified atom stereocenters. The van der Waals surface area contributed by atoms with Gasteiger partial charge in [-0.05, 0) is 12.8 Å². The summed E-state index contributed by atoms with van der Waals surface area (Å²) in [5.74, 6) is -1.34. The van der Waals surface area contributed by atoms with Gasteiger partial charge in [-0.25, -0.2) is 9.59 Å². The number of unbranched alkanes of at least 4 members (excludes halogenated alkanes) is 26. The summed E-state index contributed by atoms with van der Waals surface area (Å²) in [4.78, 5) is 24.0. The van der Waals surface area contributed by atoms with Gasteiger partial charge in [0.25, 0.3) is 0 Å². The van der Waals surface area contributed by atoms with E-state index in [4.69, 9.17) is 9.47 Å². The predicted octanol–water partition coefficient (Wildman–Crippen LogP) is 10.5. The Morgan fingerprint density at radius 3 is 0.818 bits per heavy atom. The van der Waals surface area contributed by atoms with Crippen LogP contribution in [0.1, 0.15) is 206 Å². The molecule has 2 atom stereocenters. The number of hydrogen-bond acceptors (Lipinski definition) is 6. The van der Waals surface area contributed by atoms with Crippen LogP contribution in [0.15, 0.2) is 0 Å². The van der Waals surface area contributed by atoms with Crippen molar-refractivity contribution in [3.05, 3.63) is 0 Å². The molecule has 262 valence electrons. The molecule has 0 amide bonds. The Labute approximate surface area is 272 Å². The van der Waals surface area contributed by atoms with Crippen molar-refractivity contribution in [2.75, 3.05) is 13.2 Å². The van der Waals surface area contributed by atoms with E-state index in [0.29, 0.717) is 12.8 Å². The average Bonchev–Trinajstić information content (AvgIpc) is 3.02. The van der Waals surface area contributed by atoms with Gasteiger partial charge in [0, 0.05) is 0 Å². The number of esters is 2. The quantitative estimate of drug-likeness (QED) is 0.0537. The number of aliphatic hydroxyl groups excluding tert-OH is 2. The SMILES string of the molecule is CCCCCCCCCCCCCCCCC(O)C(=O)OCCOC(=O)C(O)CCCCCCCCCCCCCCCC. The van der Waals surface area contributed by atoms with Gasteiger partial charge in [0.05, 0.1) is 0 Å². The number of ether oxygens (including phenoxy) is 2. The zero-order valence-corrected chi connectivity index (χ0v) is 29.3. The molecular weight excluding hydrogens is 552 g/mol. The second kappa shape index (κ2) is 34.7. The van der Waals surface area contributed by atoms with Crippen LogP contribution in [0.3, 0.4) is 0 Å². The summed E-state index contributed by atoms with van der Waals surface area (Å²) in [6.07, 6.45) is 33.9. The van der Waals surface area contributed by atoms with E-state index in [2.05, 4.69) is 13.8 Å². The predicted molar refractivity (Wildman–Crippen MR) is 184 cm³/mol. The molecule has 6 heteroatoms. The molecule has 0 fully saturated rings. The van der Waals surface area contributed by atoms with Gasteiger partial charge in [-0.1, -0.05) is 194 Å². The van der Waals surface area contributed by atoms with Crippen molar-refractivity contribution in [1.29, 1.82) is 0 Å². The topological polar surface area (TPSA) is 93.1 Å². The maximum absolute atomic E-state index is 12.0. The van der Waals surface area contributed by atoms with Gasteiger partial charge in [-0.3, -0.25) is 0 Å². The molecule has 0 saturated heterocycles. The average molecular weight is 627 g/mol.